The van der Waals surface area contributed by atoms with Crippen molar-refractivity contribution in [3.05, 3.63) is 35.5 Å². The average Bonchev–Trinajstić information content (AvgIpc) is 2.86. The second kappa shape index (κ2) is 5.10. The second-order valence-electron chi connectivity index (χ2n) is 9.11. The van der Waals surface area contributed by atoms with Crippen LogP contribution < -0.4 is 5.32 Å². The summed E-state index contributed by atoms with van der Waals surface area (Å²) in [6, 6.07) is 9.29. The van der Waals surface area contributed by atoms with E-state index in [0.717, 1.165) is 19.4 Å². The Hall–Kier alpha value is -1.81. The van der Waals surface area contributed by atoms with Crippen LogP contribution in [-0.2, 0) is 11.3 Å². The SMILES string of the molecule is Cc1cccc2[nH]c(CNC3CC4(C3)CC3(CC(C(=O)O)C3)C4)cc12. The highest BCUT2D eigenvalue weighted by atomic mass is 16.4. The van der Waals surface area contributed by atoms with Crippen molar-refractivity contribution < 1.29 is 9.90 Å². The highest BCUT2D eigenvalue weighted by Gasteiger charge is 2.64. The molecule has 0 radical (unpaired) electrons. The lowest BCUT2D eigenvalue weighted by molar-refractivity contribution is -0.187. The number of fused-ring (bicyclic) bond motifs is 1. The number of aromatic nitrogens is 1. The summed E-state index contributed by atoms with van der Waals surface area (Å²) < 4.78 is 0. The number of carboxylic acid groups (broad SMARTS) is 1. The first-order valence-electron chi connectivity index (χ1n) is 9.49. The minimum atomic E-state index is -0.590. The standard InChI is InChI=1S/C21H26N2O2/c1-13-3-2-4-18-17(13)5-15(23-18)10-22-16-8-21(9-16)11-20(12-21)6-14(7-20)19(24)25/h2-5,14,16,22-23H,6-12H2,1H3,(H,24,25). The molecule has 0 saturated heterocycles. The number of aryl methyl sites for hydroxylation is 1. The predicted octanol–water partition coefficient (Wildman–Crippen LogP) is 3.99. The second-order valence-corrected chi connectivity index (χ2v) is 9.11. The maximum absolute atomic E-state index is 11.0. The molecule has 3 N–H and O–H groups in total. The van der Waals surface area contributed by atoms with Gasteiger partial charge in [-0.05, 0) is 74.0 Å². The molecule has 2 aromatic rings. The van der Waals surface area contributed by atoms with E-state index in [1.807, 2.05) is 0 Å². The fraction of sp³-hybridized carbons (Fsp3) is 0.571. The fourth-order valence-electron chi connectivity index (χ4n) is 6.12. The lowest BCUT2D eigenvalue weighted by atomic mass is 9.37. The summed E-state index contributed by atoms with van der Waals surface area (Å²) in [5, 5.41) is 14.1. The lowest BCUT2D eigenvalue weighted by Crippen LogP contribution is -2.62. The summed E-state index contributed by atoms with van der Waals surface area (Å²) in [6.45, 7) is 3.06. The van der Waals surface area contributed by atoms with Crippen molar-refractivity contribution in [2.75, 3.05) is 0 Å². The Bertz CT molecular complexity index is 831. The van der Waals surface area contributed by atoms with Gasteiger partial charge in [-0.1, -0.05) is 12.1 Å². The van der Waals surface area contributed by atoms with Crippen LogP contribution in [0.15, 0.2) is 24.3 Å². The van der Waals surface area contributed by atoms with Crippen LogP contribution >= 0.6 is 0 Å². The number of nitrogens with one attached hydrogen (secondary N) is 2. The zero-order chi connectivity index (χ0) is 17.2. The summed E-state index contributed by atoms with van der Waals surface area (Å²) in [6.07, 6.45) is 6.94. The van der Waals surface area contributed by atoms with E-state index < -0.39 is 5.97 Å². The topological polar surface area (TPSA) is 65.1 Å². The Morgan fingerprint density at radius 2 is 1.96 bits per heavy atom. The van der Waals surface area contributed by atoms with Gasteiger partial charge in [-0.25, -0.2) is 0 Å². The van der Waals surface area contributed by atoms with Gasteiger partial charge in [0.05, 0.1) is 5.92 Å². The van der Waals surface area contributed by atoms with E-state index in [0.29, 0.717) is 16.9 Å². The summed E-state index contributed by atoms with van der Waals surface area (Å²) >= 11 is 0. The van der Waals surface area contributed by atoms with Gasteiger partial charge in [0, 0.05) is 29.2 Å². The first kappa shape index (κ1) is 15.4. The van der Waals surface area contributed by atoms with Gasteiger partial charge in [-0.15, -0.1) is 0 Å². The molecule has 4 nitrogen and oxygen atoms in total. The van der Waals surface area contributed by atoms with Crippen LogP contribution in [0.25, 0.3) is 10.9 Å². The van der Waals surface area contributed by atoms with E-state index in [1.54, 1.807) is 0 Å². The molecule has 3 fully saturated rings. The van der Waals surface area contributed by atoms with E-state index in [2.05, 4.69) is 41.5 Å². The number of carboxylic acids is 1. The zero-order valence-corrected chi connectivity index (χ0v) is 14.8. The third-order valence-corrected chi connectivity index (χ3v) is 7.09. The van der Waals surface area contributed by atoms with Crippen molar-refractivity contribution in [1.82, 2.24) is 10.3 Å². The Morgan fingerprint density at radius 1 is 1.24 bits per heavy atom. The van der Waals surface area contributed by atoms with E-state index in [4.69, 9.17) is 5.11 Å². The third kappa shape index (κ3) is 2.42. The van der Waals surface area contributed by atoms with E-state index in [9.17, 15) is 4.79 Å². The number of hydrogen-bond donors (Lipinski definition) is 3. The van der Waals surface area contributed by atoms with E-state index in [1.165, 1.54) is 47.8 Å². The molecule has 0 aliphatic heterocycles. The molecule has 0 bridgehead atoms. The first-order chi connectivity index (χ1) is 12.0. The molecular formula is C21H26N2O2. The van der Waals surface area contributed by atoms with Crippen molar-refractivity contribution in [3.63, 3.8) is 0 Å². The molecule has 1 aromatic heterocycles. The molecule has 2 spiro atoms. The Balaban J connectivity index is 1.12. The molecule has 4 heteroatoms. The molecule has 3 saturated carbocycles. The largest absolute Gasteiger partial charge is 0.481 e. The smallest absolute Gasteiger partial charge is 0.306 e. The van der Waals surface area contributed by atoms with Crippen LogP contribution in [0.2, 0.25) is 0 Å². The van der Waals surface area contributed by atoms with Crippen molar-refractivity contribution in [2.24, 2.45) is 16.7 Å². The molecule has 132 valence electrons. The Kier molecular flexibility index (Phi) is 3.15. The van der Waals surface area contributed by atoms with Gasteiger partial charge >= 0.3 is 5.97 Å². The van der Waals surface area contributed by atoms with Crippen LogP contribution in [0.5, 0.6) is 0 Å². The molecule has 3 aliphatic rings. The van der Waals surface area contributed by atoms with Crippen molar-refractivity contribution in [2.45, 2.75) is 58.0 Å². The fourth-order valence-corrected chi connectivity index (χ4v) is 6.12. The summed E-state index contributed by atoms with van der Waals surface area (Å²) in [4.78, 5) is 14.5. The van der Waals surface area contributed by atoms with Gasteiger partial charge in [0.25, 0.3) is 0 Å². The molecule has 0 unspecified atom stereocenters. The number of carbonyl (C=O) groups is 1. The summed E-state index contributed by atoms with van der Waals surface area (Å²) in [7, 11) is 0. The van der Waals surface area contributed by atoms with Crippen LogP contribution in [-0.4, -0.2) is 22.1 Å². The van der Waals surface area contributed by atoms with Gasteiger partial charge in [0.15, 0.2) is 0 Å². The summed E-state index contributed by atoms with van der Waals surface area (Å²) in [5.41, 5.74) is 4.75. The maximum Gasteiger partial charge on any atom is 0.306 e. The van der Waals surface area contributed by atoms with Crippen LogP contribution in [0.3, 0.4) is 0 Å². The highest BCUT2D eigenvalue weighted by molar-refractivity contribution is 5.83. The van der Waals surface area contributed by atoms with Crippen LogP contribution in [0.4, 0.5) is 0 Å². The minimum absolute atomic E-state index is 0.0585. The number of aromatic amines is 1. The molecule has 0 amide bonds. The number of H-pyrrole nitrogens is 1. The van der Waals surface area contributed by atoms with Crippen molar-refractivity contribution in [3.8, 4) is 0 Å². The van der Waals surface area contributed by atoms with Gasteiger partial charge in [-0.2, -0.15) is 0 Å². The summed E-state index contributed by atoms with van der Waals surface area (Å²) in [5.74, 6) is -0.648. The minimum Gasteiger partial charge on any atom is -0.481 e. The maximum atomic E-state index is 11.0. The lowest BCUT2D eigenvalue weighted by Gasteiger charge is -2.68. The van der Waals surface area contributed by atoms with Crippen LogP contribution in [0, 0.1) is 23.7 Å². The van der Waals surface area contributed by atoms with Gasteiger partial charge in [0.1, 0.15) is 0 Å². The molecule has 25 heavy (non-hydrogen) atoms. The quantitative estimate of drug-likeness (QED) is 0.790. The van der Waals surface area contributed by atoms with E-state index in [-0.39, 0.29) is 5.92 Å². The number of hydrogen-bond acceptors (Lipinski definition) is 2. The Labute approximate surface area is 148 Å². The molecule has 0 atom stereocenters. The third-order valence-electron chi connectivity index (χ3n) is 7.09. The van der Waals surface area contributed by atoms with Gasteiger partial charge in [0.2, 0.25) is 0 Å². The molecule has 1 aromatic carbocycles. The first-order valence-corrected chi connectivity index (χ1v) is 9.49. The number of aliphatic carboxylic acids is 1. The normalized spacial score (nSPS) is 36.2. The monoisotopic (exact) mass is 338 g/mol. The number of rotatable bonds is 4. The highest BCUT2D eigenvalue weighted by Crippen LogP contribution is 2.72. The van der Waals surface area contributed by atoms with Crippen LogP contribution in [0.1, 0.15) is 49.8 Å². The molecule has 5 rings (SSSR count). The number of benzene rings is 1. The zero-order valence-electron chi connectivity index (χ0n) is 14.8. The van der Waals surface area contributed by atoms with Gasteiger partial charge < -0.3 is 15.4 Å². The molecular weight excluding hydrogens is 312 g/mol. The predicted molar refractivity (Wildman–Crippen MR) is 97.4 cm³/mol. The molecule has 3 aliphatic carbocycles. The van der Waals surface area contributed by atoms with Gasteiger partial charge in [-0.3, -0.25) is 4.79 Å². The molecule has 1 heterocycles. The van der Waals surface area contributed by atoms with E-state index >= 15 is 0 Å². The van der Waals surface area contributed by atoms with Crippen molar-refractivity contribution in [1.29, 1.82) is 0 Å². The Morgan fingerprint density at radius 3 is 2.64 bits per heavy atom. The van der Waals surface area contributed by atoms with Crippen molar-refractivity contribution >= 4 is 16.9 Å². The average molecular weight is 338 g/mol.